The molecule has 1 aromatic rings. The lowest BCUT2D eigenvalue weighted by atomic mass is 10.3. The van der Waals surface area contributed by atoms with Gasteiger partial charge in [0.25, 0.3) is 0 Å². The number of rotatable bonds is 7. The quantitative estimate of drug-likeness (QED) is 0.682. The molecule has 0 atom stereocenters. The van der Waals surface area contributed by atoms with Gasteiger partial charge in [0, 0.05) is 26.3 Å². The van der Waals surface area contributed by atoms with Crippen molar-refractivity contribution in [3.05, 3.63) is 24.3 Å². The van der Waals surface area contributed by atoms with Crippen molar-refractivity contribution >= 4 is 21.6 Å². The SMILES string of the molecule is CN(C)S(=O)(=O)c1ccc(NC(=O)COCCN)cc1. The third-order valence-corrected chi connectivity index (χ3v) is 4.24. The molecule has 0 radical (unpaired) electrons. The summed E-state index contributed by atoms with van der Waals surface area (Å²) in [6, 6.07) is 5.92. The van der Waals surface area contributed by atoms with Crippen LogP contribution in [0.3, 0.4) is 0 Å². The lowest BCUT2D eigenvalue weighted by Crippen LogP contribution is -2.22. The number of carbonyl (C=O) groups is 1. The van der Waals surface area contributed by atoms with Crippen molar-refractivity contribution in [1.82, 2.24) is 4.31 Å². The summed E-state index contributed by atoms with van der Waals surface area (Å²) in [4.78, 5) is 11.6. The van der Waals surface area contributed by atoms with Crippen molar-refractivity contribution in [2.45, 2.75) is 4.90 Å². The van der Waals surface area contributed by atoms with Gasteiger partial charge in [-0.2, -0.15) is 0 Å². The molecule has 0 aromatic heterocycles. The molecule has 0 fully saturated rings. The Balaban J connectivity index is 2.66. The summed E-state index contributed by atoms with van der Waals surface area (Å²) in [5.74, 6) is -0.318. The average molecular weight is 301 g/mol. The minimum Gasteiger partial charge on any atom is -0.370 e. The lowest BCUT2D eigenvalue weighted by molar-refractivity contribution is -0.120. The van der Waals surface area contributed by atoms with Crippen LogP contribution < -0.4 is 11.1 Å². The number of hydrogen-bond donors (Lipinski definition) is 2. The molecule has 0 aliphatic carbocycles. The Labute approximate surface area is 118 Å². The summed E-state index contributed by atoms with van der Waals surface area (Å²) in [7, 11) is -0.541. The average Bonchev–Trinajstić information content (AvgIpc) is 2.39. The van der Waals surface area contributed by atoms with E-state index in [0.717, 1.165) is 4.31 Å². The maximum atomic E-state index is 11.8. The van der Waals surface area contributed by atoms with Gasteiger partial charge < -0.3 is 15.8 Å². The third kappa shape index (κ3) is 4.57. The lowest BCUT2D eigenvalue weighted by Gasteiger charge is -2.12. The maximum Gasteiger partial charge on any atom is 0.250 e. The summed E-state index contributed by atoms with van der Waals surface area (Å²) in [6.07, 6.45) is 0. The predicted octanol–water partition coefficient (Wildman–Crippen LogP) is -0.149. The summed E-state index contributed by atoms with van der Waals surface area (Å²) in [6.45, 7) is 0.576. The Morgan fingerprint density at radius 2 is 1.90 bits per heavy atom. The van der Waals surface area contributed by atoms with Gasteiger partial charge in [0.2, 0.25) is 15.9 Å². The molecule has 1 rings (SSSR count). The molecule has 0 spiro atoms. The van der Waals surface area contributed by atoms with Crippen LogP contribution in [0.25, 0.3) is 0 Å². The Hall–Kier alpha value is -1.48. The molecular formula is C12H19N3O4S. The first kappa shape index (κ1) is 16.6. The minimum absolute atomic E-state index is 0.0883. The molecule has 0 saturated heterocycles. The molecule has 20 heavy (non-hydrogen) atoms. The summed E-state index contributed by atoms with van der Waals surface area (Å²) < 4.78 is 29.8. The fourth-order valence-corrected chi connectivity index (χ4v) is 2.27. The fraction of sp³-hybridized carbons (Fsp3) is 0.417. The first-order chi connectivity index (χ1) is 9.37. The monoisotopic (exact) mass is 301 g/mol. The molecular weight excluding hydrogens is 282 g/mol. The number of sulfonamides is 1. The van der Waals surface area contributed by atoms with Crippen molar-refractivity contribution in [2.24, 2.45) is 5.73 Å². The van der Waals surface area contributed by atoms with Crippen LogP contribution in [-0.2, 0) is 19.6 Å². The molecule has 7 nitrogen and oxygen atoms in total. The van der Waals surface area contributed by atoms with Gasteiger partial charge in [-0.3, -0.25) is 4.79 Å². The van der Waals surface area contributed by atoms with Gasteiger partial charge in [0.1, 0.15) is 6.61 Å². The van der Waals surface area contributed by atoms with Crippen LogP contribution in [0.5, 0.6) is 0 Å². The van der Waals surface area contributed by atoms with Crippen molar-refractivity contribution in [3.8, 4) is 0 Å². The smallest absolute Gasteiger partial charge is 0.250 e. The van der Waals surface area contributed by atoms with Gasteiger partial charge in [-0.1, -0.05) is 0 Å². The summed E-state index contributed by atoms with van der Waals surface area (Å²) >= 11 is 0. The van der Waals surface area contributed by atoms with Gasteiger partial charge in [0.05, 0.1) is 11.5 Å². The second-order valence-electron chi connectivity index (χ2n) is 4.20. The van der Waals surface area contributed by atoms with Crippen molar-refractivity contribution in [2.75, 3.05) is 39.2 Å². The van der Waals surface area contributed by atoms with Crippen LogP contribution in [-0.4, -0.2) is 52.5 Å². The second-order valence-corrected chi connectivity index (χ2v) is 6.35. The number of nitrogens with one attached hydrogen (secondary N) is 1. The molecule has 1 amide bonds. The van der Waals surface area contributed by atoms with E-state index >= 15 is 0 Å². The van der Waals surface area contributed by atoms with E-state index in [1.54, 1.807) is 0 Å². The van der Waals surface area contributed by atoms with Gasteiger partial charge in [-0.15, -0.1) is 0 Å². The topological polar surface area (TPSA) is 102 Å². The van der Waals surface area contributed by atoms with E-state index in [-0.39, 0.29) is 17.4 Å². The summed E-state index contributed by atoms with van der Waals surface area (Å²) in [5, 5.41) is 2.60. The zero-order valence-electron chi connectivity index (χ0n) is 11.5. The molecule has 0 aliphatic rings. The van der Waals surface area contributed by atoms with Crippen LogP contribution in [0.15, 0.2) is 29.2 Å². The highest BCUT2D eigenvalue weighted by molar-refractivity contribution is 7.89. The molecule has 0 saturated carbocycles. The van der Waals surface area contributed by atoms with Crippen molar-refractivity contribution in [3.63, 3.8) is 0 Å². The maximum absolute atomic E-state index is 11.8. The van der Waals surface area contributed by atoms with Gasteiger partial charge >= 0.3 is 0 Å². The number of nitrogens with two attached hydrogens (primary N) is 1. The molecule has 0 bridgehead atoms. The molecule has 112 valence electrons. The Morgan fingerprint density at radius 3 is 2.40 bits per heavy atom. The zero-order valence-corrected chi connectivity index (χ0v) is 12.3. The van der Waals surface area contributed by atoms with E-state index in [9.17, 15) is 13.2 Å². The molecule has 3 N–H and O–H groups in total. The van der Waals surface area contributed by atoms with Gasteiger partial charge in [0.15, 0.2) is 0 Å². The van der Waals surface area contributed by atoms with Gasteiger partial charge in [-0.05, 0) is 24.3 Å². The third-order valence-electron chi connectivity index (χ3n) is 2.41. The number of amides is 1. The highest BCUT2D eigenvalue weighted by atomic mass is 32.2. The van der Waals surface area contributed by atoms with Crippen LogP contribution >= 0.6 is 0 Å². The fourth-order valence-electron chi connectivity index (χ4n) is 1.37. The van der Waals surface area contributed by atoms with Crippen LogP contribution in [0.4, 0.5) is 5.69 Å². The number of nitrogens with zero attached hydrogens (tertiary/aromatic N) is 1. The first-order valence-electron chi connectivity index (χ1n) is 5.98. The number of benzene rings is 1. The largest absolute Gasteiger partial charge is 0.370 e. The molecule has 0 aliphatic heterocycles. The van der Waals surface area contributed by atoms with E-state index in [4.69, 9.17) is 10.5 Å². The first-order valence-corrected chi connectivity index (χ1v) is 7.42. The standard InChI is InChI=1S/C12H19N3O4S/c1-15(2)20(17,18)11-5-3-10(4-6-11)14-12(16)9-19-8-7-13/h3-6H,7-9,13H2,1-2H3,(H,14,16). The second kappa shape index (κ2) is 7.34. The zero-order chi connectivity index (χ0) is 15.2. The normalized spacial score (nSPS) is 11.6. The van der Waals surface area contributed by atoms with E-state index in [2.05, 4.69) is 5.32 Å². The molecule has 0 unspecified atom stereocenters. The molecule has 8 heteroatoms. The van der Waals surface area contributed by atoms with Crippen LogP contribution in [0.1, 0.15) is 0 Å². The van der Waals surface area contributed by atoms with E-state index in [1.807, 2.05) is 0 Å². The minimum atomic E-state index is -3.46. The van der Waals surface area contributed by atoms with E-state index in [1.165, 1.54) is 38.4 Å². The highest BCUT2D eigenvalue weighted by Crippen LogP contribution is 2.16. The van der Waals surface area contributed by atoms with Crippen molar-refractivity contribution < 1.29 is 17.9 Å². The molecule has 1 aromatic carbocycles. The van der Waals surface area contributed by atoms with Crippen LogP contribution in [0.2, 0.25) is 0 Å². The Morgan fingerprint density at radius 1 is 1.30 bits per heavy atom. The van der Waals surface area contributed by atoms with E-state index in [0.29, 0.717) is 18.8 Å². The Kier molecular flexibility index (Phi) is 6.08. The Bertz CT molecular complexity index is 540. The predicted molar refractivity (Wildman–Crippen MR) is 75.8 cm³/mol. The number of hydrogen-bond acceptors (Lipinski definition) is 5. The van der Waals surface area contributed by atoms with Crippen molar-refractivity contribution in [1.29, 1.82) is 0 Å². The number of anilines is 1. The van der Waals surface area contributed by atoms with Gasteiger partial charge in [-0.25, -0.2) is 12.7 Å². The summed E-state index contributed by atoms with van der Waals surface area (Å²) in [5.41, 5.74) is 5.74. The number of ether oxygens (including phenoxy) is 1. The molecule has 0 heterocycles. The van der Waals surface area contributed by atoms with E-state index < -0.39 is 10.0 Å². The highest BCUT2D eigenvalue weighted by Gasteiger charge is 2.16. The van der Waals surface area contributed by atoms with Crippen LogP contribution in [0, 0.1) is 0 Å². The number of carbonyl (C=O) groups excluding carboxylic acids is 1.